The van der Waals surface area contributed by atoms with E-state index in [1.807, 2.05) is 24.3 Å². The molecule has 0 fully saturated rings. The molecule has 1 amide bonds. The summed E-state index contributed by atoms with van der Waals surface area (Å²) in [5.74, 6) is 2.20. The minimum Gasteiger partial charge on any atom is -0.493 e. The van der Waals surface area contributed by atoms with Crippen LogP contribution in [0, 0.1) is 0 Å². The summed E-state index contributed by atoms with van der Waals surface area (Å²) in [4.78, 5) is 13.9. The molecule has 0 spiro atoms. The summed E-state index contributed by atoms with van der Waals surface area (Å²) in [5.41, 5.74) is 0.766. The second kappa shape index (κ2) is 10.6. The average molecular weight is 450 g/mol. The first-order valence-electron chi connectivity index (χ1n) is 8.60. The molecule has 0 saturated heterocycles. The molecule has 0 radical (unpaired) electrons. The molecule has 0 aliphatic carbocycles. The summed E-state index contributed by atoms with van der Waals surface area (Å²) in [7, 11) is 6.38. The van der Waals surface area contributed by atoms with Crippen molar-refractivity contribution in [3.05, 3.63) is 52.5 Å². The van der Waals surface area contributed by atoms with E-state index in [-0.39, 0.29) is 5.91 Å². The van der Waals surface area contributed by atoms with Gasteiger partial charge in [-0.05, 0) is 48.0 Å². The lowest BCUT2D eigenvalue weighted by molar-refractivity contribution is -0.125. The Morgan fingerprint density at radius 2 is 1.64 bits per heavy atom. The first-order valence-corrected chi connectivity index (χ1v) is 9.39. The smallest absolute Gasteiger partial charge is 0.246 e. The third-order valence-electron chi connectivity index (χ3n) is 3.99. The molecule has 0 unspecified atom stereocenters. The van der Waals surface area contributed by atoms with Crippen LogP contribution in [0.4, 0.5) is 0 Å². The Morgan fingerprint density at radius 1 is 1.04 bits per heavy atom. The Morgan fingerprint density at radius 3 is 2.18 bits per heavy atom. The summed E-state index contributed by atoms with van der Waals surface area (Å²) >= 11 is 3.38. The van der Waals surface area contributed by atoms with Crippen LogP contribution in [0.1, 0.15) is 5.56 Å². The van der Waals surface area contributed by atoms with Crippen molar-refractivity contribution in [3.8, 4) is 23.0 Å². The zero-order chi connectivity index (χ0) is 20.5. The fourth-order valence-corrected chi connectivity index (χ4v) is 2.70. The molecule has 150 valence electrons. The summed E-state index contributed by atoms with van der Waals surface area (Å²) in [5, 5.41) is 0. The van der Waals surface area contributed by atoms with Crippen LogP contribution in [0.25, 0.3) is 6.08 Å². The molecule has 2 aromatic carbocycles. The van der Waals surface area contributed by atoms with Gasteiger partial charge in [0.2, 0.25) is 11.7 Å². The minimum absolute atomic E-state index is 0.131. The summed E-state index contributed by atoms with van der Waals surface area (Å²) in [6.45, 7) is 0.871. The molecule has 0 heterocycles. The maximum atomic E-state index is 12.3. The van der Waals surface area contributed by atoms with E-state index in [4.69, 9.17) is 18.9 Å². The molecule has 0 N–H and O–H groups in total. The number of carbonyl (C=O) groups excluding carboxylic acids is 1. The fourth-order valence-electron chi connectivity index (χ4n) is 2.43. The number of benzene rings is 2. The molecular weight excluding hydrogens is 426 g/mol. The second-order valence-electron chi connectivity index (χ2n) is 5.85. The number of amides is 1. The van der Waals surface area contributed by atoms with Gasteiger partial charge in [-0.2, -0.15) is 0 Å². The maximum absolute atomic E-state index is 12.3. The summed E-state index contributed by atoms with van der Waals surface area (Å²) in [6.07, 6.45) is 3.21. The molecule has 28 heavy (non-hydrogen) atoms. The summed E-state index contributed by atoms with van der Waals surface area (Å²) in [6, 6.07) is 11.1. The van der Waals surface area contributed by atoms with Crippen LogP contribution in [-0.4, -0.2) is 52.3 Å². The lowest BCUT2D eigenvalue weighted by Crippen LogP contribution is -2.29. The van der Waals surface area contributed by atoms with Gasteiger partial charge in [0.15, 0.2) is 11.5 Å². The lowest BCUT2D eigenvalue weighted by Gasteiger charge is -2.16. The largest absolute Gasteiger partial charge is 0.493 e. The highest BCUT2D eigenvalue weighted by molar-refractivity contribution is 9.10. The minimum atomic E-state index is -0.131. The van der Waals surface area contributed by atoms with Gasteiger partial charge in [0.1, 0.15) is 12.4 Å². The monoisotopic (exact) mass is 449 g/mol. The molecule has 0 aliphatic heterocycles. The van der Waals surface area contributed by atoms with Crippen LogP contribution in [0.2, 0.25) is 0 Å². The molecule has 2 rings (SSSR count). The number of methoxy groups -OCH3 is 3. The van der Waals surface area contributed by atoms with Crippen LogP contribution in [0.15, 0.2) is 46.9 Å². The van der Waals surface area contributed by atoms with Crippen molar-refractivity contribution in [2.24, 2.45) is 0 Å². The van der Waals surface area contributed by atoms with Gasteiger partial charge in [-0.15, -0.1) is 0 Å². The molecule has 2 aromatic rings. The van der Waals surface area contributed by atoms with Crippen LogP contribution < -0.4 is 18.9 Å². The maximum Gasteiger partial charge on any atom is 0.246 e. The number of ether oxygens (including phenoxy) is 4. The Bertz CT molecular complexity index is 795. The molecule has 7 heteroatoms. The van der Waals surface area contributed by atoms with E-state index in [0.29, 0.717) is 30.4 Å². The van der Waals surface area contributed by atoms with E-state index < -0.39 is 0 Å². The van der Waals surface area contributed by atoms with Gasteiger partial charge in [-0.3, -0.25) is 4.79 Å². The van der Waals surface area contributed by atoms with Crippen molar-refractivity contribution in [3.63, 3.8) is 0 Å². The third kappa shape index (κ3) is 5.92. The predicted octanol–water partition coefficient (Wildman–Crippen LogP) is 4.03. The van der Waals surface area contributed by atoms with E-state index in [0.717, 1.165) is 15.8 Å². The first kappa shape index (κ1) is 21.6. The zero-order valence-corrected chi connectivity index (χ0v) is 18.0. The number of hydrogen-bond donors (Lipinski definition) is 0. The Balaban J connectivity index is 1.95. The van der Waals surface area contributed by atoms with Crippen molar-refractivity contribution in [1.82, 2.24) is 4.90 Å². The van der Waals surface area contributed by atoms with Crippen molar-refractivity contribution in [2.75, 3.05) is 41.5 Å². The van der Waals surface area contributed by atoms with Gasteiger partial charge in [-0.25, -0.2) is 0 Å². The Labute approximate surface area is 173 Å². The number of hydrogen-bond acceptors (Lipinski definition) is 5. The fraction of sp³-hybridized carbons (Fsp3) is 0.286. The molecule has 0 aromatic heterocycles. The van der Waals surface area contributed by atoms with Gasteiger partial charge in [-0.1, -0.05) is 15.9 Å². The van der Waals surface area contributed by atoms with Gasteiger partial charge < -0.3 is 23.8 Å². The van der Waals surface area contributed by atoms with Crippen LogP contribution in [0.3, 0.4) is 0 Å². The van der Waals surface area contributed by atoms with Crippen LogP contribution in [0.5, 0.6) is 23.0 Å². The normalized spacial score (nSPS) is 10.6. The molecular formula is C21H24BrNO5. The van der Waals surface area contributed by atoms with E-state index in [9.17, 15) is 4.79 Å². The second-order valence-corrected chi connectivity index (χ2v) is 6.77. The average Bonchev–Trinajstić information content (AvgIpc) is 2.72. The van der Waals surface area contributed by atoms with E-state index >= 15 is 0 Å². The van der Waals surface area contributed by atoms with Gasteiger partial charge in [0.05, 0.1) is 27.9 Å². The van der Waals surface area contributed by atoms with Crippen LogP contribution in [-0.2, 0) is 4.79 Å². The Kier molecular flexibility index (Phi) is 8.19. The van der Waals surface area contributed by atoms with Gasteiger partial charge in [0.25, 0.3) is 0 Å². The lowest BCUT2D eigenvalue weighted by atomic mass is 10.1. The van der Waals surface area contributed by atoms with E-state index in [1.54, 1.807) is 51.5 Å². The SMILES string of the molecule is COc1cc(C=CC(=O)N(C)CCOc2ccc(Br)cc2)cc(OC)c1OC. The number of carbonyl (C=O) groups is 1. The molecule has 0 bridgehead atoms. The van der Waals surface area contributed by atoms with Crippen LogP contribution >= 0.6 is 15.9 Å². The van der Waals surface area contributed by atoms with Crippen molar-refractivity contribution < 1.29 is 23.7 Å². The molecule has 6 nitrogen and oxygen atoms in total. The van der Waals surface area contributed by atoms with Crippen molar-refractivity contribution >= 4 is 27.9 Å². The van der Waals surface area contributed by atoms with Gasteiger partial charge >= 0.3 is 0 Å². The highest BCUT2D eigenvalue weighted by atomic mass is 79.9. The number of nitrogens with zero attached hydrogens (tertiary/aromatic N) is 1. The van der Waals surface area contributed by atoms with E-state index in [1.165, 1.54) is 6.08 Å². The third-order valence-corrected chi connectivity index (χ3v) is 4.52. The van der Waals surface area contributed by atoms with Crippen molar-refractivity contribution in [2.45, 2.75) is 0 Å². The molecule has 0 saturated carbocycles. The molecule has 0 aliphatic rings. The summed E-state index contributed by atoms with van der Waals surface area (Å²) < 4.78 is 22.6. The standard InChI is InChI=1S/C21H24BrNO5/c1-23(11-12-28-17-8-6-16(22)7-9-17)20(24)10-5-15-13-18(25-2)21(27-4)19(14-15)26-3/h5-10,13-14H,11-12H2,1-4H3. The zero-order valence-electron chi connectivity index (χ0n) is 16.4. The number of likely N-dealkylation sites (N-methyl/N-ethyl adjacent to an activating group) is 1. The Hall–Kier alpha value is -2.67. The number of halogens is 1. The van der Waals surface area contributed by atoms with Crippen molar-refractivity contribution in [1.29, 1.82) is 0 Å². The highest BCUT2D eigenvalue weighted by Crippen LogP contribution is 2.38. The topological polar surface area (TPSA) is 57.2 Å². The number of rotatable bonds is 9. The highest BCUT2D eigenvalue weighted by Gasteiger charge is 2.12. The predicted molar refractivity (Wildman–Crippen MR) is 112 cm³/mol. The first-order chi connectivity index (χ1) is 13.5. The van der Waals surface area contributed by atoms with E-state index in [2.05, 4.69) is 15.9 Å². The molecule has 0 atom stereocenters. The van der Waals surface area contributed by atoms with Gasteiger partial charge in [0, 0.05) is 17.6 Å². The quantitative estimate of drug-likeness (QED) is 0.541.